The van der Waals surface area contributed by atoms with Gasteiger partial charge >= 0.3 is 0 Å². The first-order valence-electron chi connectivity index (χ1n) is 8.37. The van der Waals surface area contributed by atoms with Crippen molar-refractivity contribution in [2.45, 2.75) is 25.4 Å². The van der Waals surface area contributed by atoms with Crippen molar-refractivity contribution in [1.29, 1.82) is 0 Å². The van der Waals surface area contributed by atoms with E-state index in [1.807, 2.05) is 6.07 Å². The molecule has 0 aromatic heterocycles. The number of piperazine rings is 1. The summed E-state index contributed by atoms with van der Waals surface area (Å²) in [4.78, 5) is 5.21. The quantitative estimate of drug-likeness (QED) is 0.844. The van der Waals surface area contributed by atoms with Crippen LogP contribution >= 0.6 is 0 Å². The number of hydrogen-bond acceptors (Lipinski definition) is 4. The monoisotopic (exact) mass is 302 g/mol. The second-order valence-corrected chi connectivity index (χ2v) is 6.40. The van der Waals surface area contributed by atoms with Gasteiger partial charge in [0.15, 0.2) is 11.5 Å². The third-order valence-corrected chi connectivity index (χ3v) is 5.01. The van der Waals surface area contributed by atoms with Crippen molar-refractivity contribution in [3.8, 4) is 11.5 Å². The highest BCUT2D eigenvalue weighted by Crippen LogP contribution is 2.32. The number of ether oxygens (including phenoxy) is 2. The van der Waals surface area contributed by atoms with Gasteiger partial charge in [-0.2, -0.15) is 0 Å². The molecule has 5 nitrogen and oxygen atoms in total. The lowest BCUT2D eigenvalue weighted by Crippen LogP contribution is -2.51. The SMILES string of the molecule is c1cc2c(cc1CN1CCN(C3CC[N]CC3)CC1)OCO2. The summed E-state index contributed by atoms with van der Waals surface area (Å²) in [5.41, 5.74) is 1.31. The summed E-state index contributed by atoms with van der Waals surface area (Å²) in [6, 6.07) is 7.07. The van der Waals surface area contributed by atoms with Crippen LogP contribution in [0.2, 0.25) is 0 Å². The van der Waals surface area contributed by atoms with Crippen LogP contribution in [0.5, 0.6) is 11.5 Å². The Morgan fingerprint density at radius 3 is 2.59 bits per heavy atom. The molecule has 2 fully saturated rings. The molecule has 4 rings (SSSR count). The van der Waals surface area contributed by atoms with Gasteiger partial charge in [0, 0.05) is 51.9 Å². The van der Waals surface area contributed by atoms with Gasteiger partial charge in [0.2, 0.25) is 6.79 Å². The minimum Gasteiger partial charge on any atom is -0.454 e. The first-order valence-corrected chi connectivity index (χ1v) is 8.37. The van der Waals surface area contributed by atoms with E-state index in [0.717, 1.165) is 50.3 Å². The largest absolute Gasteiger partial charge is 0.454 e. The van der Waals surface area contributed by atoms with Gasteiger partial charge in [-0.15, -0.1) is 0 Å². The van der Waals surface area contributed by atoms with E-state index in [2.05, 4.69) is 27.2 Å². The molecule has 0 spiro atoms. The topological polar surface area (TPSA) is 39.0 Å². The number of nitrogens with zero attached hydrogens (tertiary/aromatic N) is 3. The van der Waals surface area contributed by atoms with E-state index in [0.29, 0.717) is 6.79 Å². The van der Waals surface area contributed by atoms with Crippen molar-refractivity contribution < 1.29 is 9.47 Å². The van der Waals surface area contributed by atoms with E-state index in [1.165, 1.54) is 31.5 Å². The zero-order chi connectivity index (χ0) is 14.8. The van der Waals surface area contributed by atoms with Gasteiger partial charge in [-0.25, -0.2) is 5.32 Å². The summed E-state index contributed by atoms with van der Waals surface area (Å²) in [6.07, 6.45) is 2.50. The van der Waals surface area contributed by atoms with Gasteiger partial charge in [-0.1, -0.05) is 6.07 Å². The van der Waals surface area contributed by atoms with E-state index in [1.54, 1.807) is 0 Å². The molecule has 0 bridgehead atoms. The lowest BCUT2D eigenvalue weighted by molar-refractivity contribution is 0.0780. The maximum atomic E-state index is 5.47. The molecule has 5 heteroatoms. The van der Waals surface area contributed by atoms with Crippen molar-refractivity contribution in [2.75, 3.05) is 46.1 Å². The van der Waals surface area contributed by atoms with Crippen LogP contribution in [0.15, 0.2) is 18.2 Å². The molecule has 3 aliphatic heterocycles. The Balaban J connectivity index is 1.30. The Morgan fingerprint density at radius 1 is 1.00 bits per heavy atom. The van der Waals surface area contributed by atoms with E-state index >= 15 is 0 Å². The van der Waals surface area contributed by atoms with Crippen LogP contribution in [-0.4, -0.2) is 61.9 Å². The predicted molar refractivity (Wildman–Crippen MR) is 84.3 cm³/mol. The van der Waals surface area contributed by atoms with Crippen molar-refractivity contribution in [1.82, 2.24) is 15.1 Å². The maximum absolute atomic E-state index is 5.47. The predicted octanol–water partition coefficient (Wildman–Crippen LogP) is 1.30. The highest BCUT2D eigenvalue weighted by Gasteiger charge is 2.25. The van der Waals surface area contributed by atoms with Crippen LogP contribution in [0.1, 0.15) is 18.4 Å². The number of benzene rings is 1. The summed E-state index contributed by atoms with van der Waals surface area (Å²) in [7, 11) is 0. The molecule has 0 aliphatic carbocycles. The second-order valence-electron chi connectivity index (χ2n) is 6.40. The average molecular weight is 302 g/mol. The highest BCUT2D eigenvalue weighted by molar-refractivity contribution is 5.44. The van der Waals surface area contributed by atoms with E-state index in [4.69, 9.17) is 9.47 Å². The van der Waals surface area contributed by atoms with E-state index in [-0.39, 0.29) is 0 Å². The van der Waals surface area contributed by atoms with Gasteiger partial charge in [-0.05, 0) is 30.5 Å². The van der Waals surface area contributed by atoms with Gasteiger partial charge in [0.25, 0.3) is 0 Å². The fraction of sp³-hybridized carbons (Fsp3) is 0.647. The zero-order valence-corrected chi connectivity index (χ0v) is 13.0. The lowest BCUT2D eigenvalue weighted by atomic mass is 10.0. The van der Waals surface area contributed by atoms with E-state index < -0.39 is 0 Å². The van der Waals surface area contributed by atoms with Crippen LogP contribution in [0.25, 0.3) is 0 Å². The van der Waals surface area contributed by atoms with Crippen LogP contribution < -0.4 is 14.8 Å². The first kappa shape index (κ1) is 14.3. The summed E-state index contributed by atoms with van der Waals surface area (Å²) in [5.74, 6) is 1.76. The molecule has 0 N–H and O–H groups in total. The van der Waals surface area contributed by atoms with Crippen LogP contribution in [-0.2, 0) is 6.54 Å². The molecule has 0 unspecified atom stereocenters. The molecule has 0 atom stereocenters. The Morgan fingerprint density at radius 2 is 1.77 bits per heavy atom. The number of hydrogen-bond donors (Lipinski definition) is 0. The Labute approximate surface area is 132 Å². The molecular weight excluding hydrogens is 278 g/mol. The van der Waals surface area contributed by atoms with Crippen LogP contribution in [0.3, 0.4) is 0 Å². The molecule has 3 heterocycles. The Kier molecular flexibility index (Phi) is 4.19. The second kappa shape index (κ2) is 6.44. The molecular formula is C17H24N3O2. The average Bonchev–Trinajstić information content (AvgIpc) is 3.04. The molecule has 3 aliphatic rings. The Hall–Kier alpha value is -1.30. The fourth-order valence-corrected chi connectivity index (χ4v) is 3.69. The van der Waals surface area contributed by atoms with E-state index in [9.17, 15) is 0 Å². The van der Waals surface area contributed by atoms with Crippen molar-refractivity contribution in [2.24, 2.45) is 0 Å². The molecule has 2 saturated heterocycles. The summed E-state index contributed by atoms with van der Waals surface area (Å²) >= 11 is 0. The number of rotatable bonds is 3. The summed E-state index contributed by atoms with van der Waals surface area (Å²) < 4.78 is 10.8. The molecule has 1 aromatic carbocycles. The smallest absolute Gasteiger partial charge is 0.231 e. The molecule has 1 aromatic rings. The van der Waals surface area contributed by atoms with Gasteiger partial charge in [-0.3, -0.25) is 9.80 Å². The highest BCUT2D eigenvalue weighted by atomic mass is 16.7. The van der Waals surface area contributed by atoms with Gasteiger partial charge < -0.3 is 9.47 Å². The number of piperidine rings is 1. The van der Waals surface area contributed by atoms with Crippen molar-refractivity contribution >= 4 is 0 Å². The van der Waals surface area contributed by atoms with Crippen LogP contribution in [0, 0.1) is 0 Å². The van der Waals surface area contributed by atoms with Gasteiger partial charge in [0.05, 0.1) is 0 Å². The maximum Gasteiger partial charge on any atom is 0.231 e. The summed E-state index contributed by atoms with van der Waals surface area (Å²) in [6.45, 7) is 8.16. The van der Waals surface area contributed by atoms with Crippen molar-refractivity contribution in [3.05, 3.63) is 23.8 Å². The Bertz CT molecular complexity index is 509. The lowest BCUT2D eigenvalue weighted by Gasteiger charge is -2.40. The zero-order valence-electron chi connectivity index (χ0n) is 13.0. The van der Waals surface area contributed by atoms with Gasteiger partial charge in [0.1, 0.15) is 0 Å². The third kappa shape index (κ3) is 3.07. The standard InChI is InChI=1S/C17H24N3O2/c1-2-16-17(22-13-21-16)11-14(1)12-19-7-9-20(10-8-19)15-3-5-18-6-4-15/h1-2,11,15H,3-10,12-13H2. The fourth-order valence-electron chi connectivity index (χ4n) is 3.69. The molecule has 0 amide bonds. The minimum absolute atomic E-state index is 0.352. The van der Waals surface area contributed by atoms with Crippen molar-refractivity contribution in [3.63, 3.8) is 0 Å². The minimum atomic E-state index is 0.352. The first-order chi connectivity index (χ1) is 10.9. The molecule has 0 saturated carbocycles. The third-order valence-electron chi connectivity index (χ3n) is 5.01. The molecule has 1 radical (unpaired) electrons. The number of fused-ring (bicyclic) bond motifs is 1. The summed E-state index contributed by atoms with van der Waals surface area (Å²) in [5, 5.41) is 4.46. The normalized spacial score (nSPS) is 23.8. The van der Waals surface area contributed by atoms with Crippen LogP contribution in [0.4, 0.5) is 0 Å². The molecule has 119 valence electrons. The molecule has 22 heavy (non-hydrogen) atoms.